The maximum atomic E-state index is 13.2. The summed E-state index contributed by atoms with van der Waals surface area (Å²) in [6.07, 6.45) is 3.30. The van der Waals surface area contributed by atoms with E-state index in [2.05, 4.69) is 30.7 Å². The summed E-state index contributed by atoms with van der Waals surface area (Å²) in [4.78, 5) is 22.1. The van der Waals surface area contributed by atoms with E-state index in [-0.39, 0.29) is 11.2 Å². The molecular weight excluding hydrogens is 470 g/mol. The van der Waals surface area contributed by atoms with Crippen molar-refractivity contribution in [2.45, 2.75) is 6.54 Å². The molecule has 1 aliphatic heterocycles. The zero-order valence-corrected chi connectivity index (χ0v) is 19.0. The number of phenols is 1. The summed E-state index contributed by atoms with van der Waals surface area (Å²) in [5, 5.41) is 11.0. The van der Waals surface area contributed by atoms with Crippen LogP contribution in [0, 0.1) is 0 Å². The first-order chi connectivity index (χ1) is 15.6. The first kappa shape index (κ1) is 20.7. The standard InChI is InChI=1S/C25H22BrN3O3/c26-18-6-4-17(5-7-18)21-16-32-25-19(24(21)31)8-9-22(30)20(25)15-28-11-13-29(14-12-28)23-3-1-2-10-27-23/h1-10,16,30H,11-15H2. The average molecular weight is 492 g/mol. The van der Waals surface area contributed by atoms with E-state index < -0.39 is 0 Å². The molecule has 3 heterocycles. The number of benzene rings is 2. The van der Waals surface area contributed by atoms with Gasteiger partial charge in [0.15, 0.2) is 0 Å². The zero-order chi connectivity index (χ0) is 22.1. The van der Waals surface area contributed by atoms with E-state index in [1.165, 1.54) is 6.26 Å². The first-order valence-corrected chi connectivity index (χ1v) is 11.3. The van der Waals surface area contributed by atoms with E-state index in [1.54, 1.807) is 18.3 Å². The highest BCUT2D eigenvalue weighted by Gasteiger charge is 2.21. The van der Waals surface area contributed by atoms with Gasteiger partial charge in [-0.1, -0.05) is 34.1 Å². The number of anilines is 1. The van der Waals surface area contributed by atoms with Crippen LogP contribution in [-0.2, 0) is 6.54 Å². The van der Waals surface area contributed by atoms with E-state index in [4.69, 9.17) is 4.42 Å². The number of piperazine rings is 1. The predicted octanol–water partition coefficient (Wildman–Crippen LogP) is 4.65. The van der Waals surface area contributed by atoms with E-state index in [0.717, 1.165) is 42.0 Å². The highest BCUT2D eigenvalue weighted by atomic mass is 79.9. The van der Waals surface area contributed by atoms with Gasteiger partial charge in [-0.3, -0.25) is 9.69 Å². The highest BCUT2D eigenvalue weighted by molar-refractivity contribution is 9.10. The largest absolute Gasteiger partial charge is 0.507 e. The summed E-state index contributed by atoms with van der Waals surface area (Å²) in [5.41, 5.74) is 2.29. The van der Waals surface area contributed by atoms with Crippen molar-refractivity contribution in [3.05, 3.63) is 87.3 Å². The van der Waals surface area contributed by atoms with Gasteiger partial charge in [0.1, 0.15) is 23.4 Å². The summed E-state index contributed by atoms with van der Waals surface area (Å²) in [6.45, 7) is 3.86. The lowest BCUT2D eigenvalue weighted by Crippen LogP contribution is -2.46. The van der Waals surface area contributed by atoms with Crippen molar-refractivity contribution < 1.29 is 9.52 Å². The summed E-state index contributed by atoms with van der Waals surface area (Å²) < 4.78 is 6.88. The van der Waals surface area contributed by atoms with Crippen LogP contribution in [0.4, 0.5) is 5.82 Å². The maximum absolute atomic E-state index is 13.2. The predicted molar refractivity (Wildman–Crippen MR) is 129 cm³/mol. The zero-order valence-electron chi connectivity index (χ0n) is 17.4. The fourth-order valence-corrected chi connectivity index (χ4v) is 4.39. The van der Waals surface area contributed by atoms with E-state index >= 15 is 0 Å². The molecule has 1 N–H and O–H groups in total. The molecule has 4 aromatic rings. The van der Waals surface area contributed by atoms with Crippen molar-refractivity contribution >= 4 is 32.7 Å². The summed E-state index contributed by atoms with van der Waals surface area (Å²) in [6, 6.07) is 16.7. The van der Waals surface area contributed by atoms with Gasteiger partial charge in [-0.05, 0) is 42.0 Å². The molecule has 0 saturated carbocycles. The van der Waals surface area contributed by atoms with Crippen LogP contribution >= 0.6 is 15.9 Å². The number of aromatic hydroxyl groups is 1. The van der Waals surface area contributed by atoms with Crippen molar-refractivity contribution in [1.82, 2.24) is 9.88 Å². The molecule has 1 aliphatic rings. The molecule has 1 fully saturated rings. The Bertz CT molecular complexity index is 1300. The Kier molecular flexibility index (Phi) is 5.68. The molecule has 162 valence electrons. The van der Waals surface area contributed by atoms with Gasteiger partial charge in [0.25, 0.3) is 0 Å². The smallest absolute Gasteiger partial charge is 0.200 e. The number of phenolic OH excluding ortho intramolecular Hbond substituents is 1. The molecular formula is C25H22BrN3O3. The van der Waals surface area contributed by atoms with Crippen molar-refractivity contribution in [2.75, 3.05) is 31.1 Å². The third-order valence-electron chi connectivity index (χ3n) is 5.90. The Balaban J connectivity index is 1.41. The van der Waals surface area contributed by atoms with Crippen LogP contribution < -0.4 is 10.3 Å². The molecule has 0 spiro atoms. The minimum atomic E-state index is -0.102. The number of hydrogen-bond donors (Lipinski definition) is 1. The lowest BCUT2D eigenvalue weighted by Gasteiger charge is -2.35. The number of rotatable bonds is 4. The molecule has 0 bridgehead atoms. The summed E-state index contributed by atoms with van der Waals surface area (Å²) in [5.74, 6) is 1.12. The molecule has 0 unspecified atom stereocenters. The third-order valence-corrected chi connectivity index (χ3v) is 6.43. The van der Waals surface area contributed by atoms with E-state index in [0.29, 0.717) is 28.6 Å². The van der Waals surface area contributed by atoms with Crippen molar-refractivity contribution in [3.8, 4) is 16.9 Å². The molecule has 0 atom stereocenters. The molecule has 7 heteroatoms. The monoisotopic (exact) mass is 491 g/mol. The molecule has 0 radical (unpaired) electrons. The lowest BCUT2D eigenvalue weighted by molar-refractivity contribution is 0.246. The molecule has 1 saturated heterocycles. The van der Waals surface area contributed by atoms with Gasteiger partial charge in [-0.25, -0.2) is 4.98 Å². The number of fused-ring (bicyclic) bond motifs is 1. The molecule has 2 aromatic carbocycles. The molecule has 32 heavy (non-hydrogen) atoms. The second-order valence-corrected chi connectivity index (χ2v) is 8.79. The van der Waals surface area contributed by atoms with Crippen LogP contribution in [0.25, 0.3) is 22.1 Å². The van der Waals surface area contributed by atoms with Crippen LogP contribution in [-0.4, -0.2) is 41.2 Å². The normalized spacial score (nSPS) is 14.7. The van der Waals surface area contributed by atoms with Crippen LogP contribution in [0.3, 0.4) is 0 Å². The van der Waals surface area contributed by atoms with Crippen LogP contribution in [0.2, 0.25) is 0 Å². The minimum absolute atomic E-state index is 0.102. The topological polar surface area (TPSA) is 69.8 Å². The average Bonchev–Trinajstić information content (AvgIpc) is 2.83. The quantitative estimate of drug-likeness (QED) is 0.448. The maximum Gasteiger partial charge on any atom is 0.200 e. The Hall–Kier alpha value is -3.16. The van der Waals surface area contributed by atoms with Gasteiger partial charge in [-0.15, -0.1) is 0 Å². The van der Waals surface area contributed by atoms with Gasteiger partial charge in [-0.2, -0.15) is 0 Å². The number of hydrogen-bond acceptors (Lipinski definition) is 6. The molecule has 6 nitrogen and oxygen atoms in total. The van der Waals surface area contributed by atoms with Crippen molar-refractivity contribution in [1.29, 1.82) is 0 Å². The highest BCUT2D eigenvalue weighted by Crippen LogP contribution is 2.30. The lowest BCUT2D eigenvalue weighted by atomic mass is 10.0. The minimum Gasteiger partial charge on any atom is -0.507 e. The SMILES string of the molecule is O=c1c(-c2ccc(Br)cc2)coc2c(CN3CCN(c4ccccn4)CC3)c(O)ccc12. The Morgan fingerprint density at radius 3 is 2.50 bits per heavy atom. The van der Waals surface area contributed by atoms with Gasteiger partial charge < -0.3 is 14.4 Å². The van der Waals surface area contributed by atoms with Crippen molar-refractivity contribution in [3.63, 3.8) is 0 Å². The van der Waals surface area contributed by atoms with Crippen LogP contribution in [0.1, 0.15) is 5.56 Å². The molecule has 2 aromatic heterocycles. The number of aromatic nitrogens is 1. The van der Waals surface area contributed by atoms with Gasteiger partial charge in [0.05, 0.1) is 16.5 Å². The molecule has 5 rings (SSSR count). The molecule has 0 aliphatic carbocycles. The first-order valence-electron chi connectivity index (χ1n) is 10.5. The third kappa shape index (κ3) is 4.01. The summed E-state index contributed by atoms with van der Waals surface area (Å²) in [7, 11) is 0. The fraction of sp³-hybridized carbons (Fsp3) is 0.200. The Labute approximate surface area is 193 Å². The van der Waals surface area contributed by atoms with Crippen LogP contribution in [0.15, 0.2) is 80.7 Å². The molecule has 0 amide bonds. The number of nitrogens with zero attached hydrogens (tertiary/aromatic N) is 3. The van der Waals surface area contributed by atoms with E-state index in [1.807, 2.05) is 42.5 Å². The number of pyridine rings is 1. The summed E-state index contributed by atoms with van der Waals surface area (Å²) >= 11 is 3.42. The second kappa shape index (κ2) is 8.76. The van der Waals surface area contributed by atoms with Crippen molar-refractivity contribution in [2.24, 2.45) is 0 Å². The van der Waals surface area contributed by atoms with Gasteiger partial charge in [0.2, 0.25) is 5.43 Å². The number of halogens is 1. The Morgan fingerprint density at radius 2 is 1.78 bits per heavy atom. The second-order valence-electron chi connectivity index (χ2n) is 7.88. The fourth-order valence-electron chi connectivity index (χ4n) is 4.13. The van der Waals surface area contributed by atoms with Crippen LogP contribution in [0.5, 0.6) is 5.75 Å². The Morgan fingerprint density at radius 1 is 1.00 bits per heavy atom. The van der Waals surface area contributed by atoms with E-state index in [9.17, 15) is 9.90 Å². The van der Waals surface area contributed by atoms with Gasteiger partial charge >= 0.3 is 0 Å². The van der Waals surface area contributed by atoms with Gasteiger partial charge in [0, 0.05) is 43.4 Å².